The summed E-state index contributed by atoms with van der Waals surface area (Å²) in [4.78, 5) is 10.5. The summed E-state index contributed by atoms with van der Waals surface area (Å²) in [6, 6.07) is 4.35. The normalized spacial score (nSPS) is 16.6. The number of hydrogen-bond acceptors (Lipinski definition) is 6. The summed E-state index contributed by atoms with van der Waals surface area (Å²) in [6.07, 6.45) is 0. The van der Waals surface area contributed by atoms with E-state index in [9.17, 15) is 18.5 Å². The third-order valence-corrected chi connectivity index (χ3v) is 6.01. The largest absolute Gasteiger partial charge is 0.380 e. The zero-order valence-electron chi connectivity index (χ0n) is 11.6. The number of sulfonamides is 1. The second-order valence-electron chi connectivity index (χ2n) is 4.46. The Kier molecular flexibility index (Phi) is 5.07. The molecule has 1 aromatic rings. The minimum Gasteiger partial charge on any atom is -0.380 e. The smallest absolute Gasteiger partial charge is 0.312 e. The zero-order valence-corrected chi connectivity index (χ0v) is 13.2. The Balaban J connectivity index is 2.51. The first-order valence-corrected chi connectivity index (χ1v) is 9.17. The Bertz CT molecular complexity index is 627. The van der Waals surface area contributed by atoms with E-state index in [4.69, 9.17) is 0 Å². The lowest BCUT2D eigenvalue weighted by molar-refractivity contribution is -0.386. The van der Waals surface area contributed by atoms with Crippen LogP contribution in [0.3, 0.4) is 0 Å². The highest BCUT2D eigenvalue weighted by Crippen LogP contribution is 2.34. The van der Waals surface area contributed by atoms with Crippen LogP contribution in [0.2, 0.25) is 0 Å². The highest BCUT2D eigenvalue weighted by Gasteiger charge is 2.34. The number of nitro groups is 1. The van der Waals surface area contributed by atoms with Gasteiger partial charge in [-0.2, -0.15) is 16.1 Å². The van der Waals surface area contributed by atoms with Gasteiger partial charge in [0, 0.05) is 31.1 Å². The molecule has 0 bridgehead atoms. The molecule has 116 valence electrons. The molecule has 0 spiro atoms. The number of nitrogens with zero attached hydrogens (tertiary/aromatic N) is 2. The monoisotopic (exact) mass is 331 g/mol. The summed E-state index contributed by atoms with van der Waals surface area (Å²) in [7, 11) is -3.84. The molecule has 0 radical (unpaired) electrons. The molecule has 21 heavy (non-hydrogen) atoms. The van der Waals surface area contributed by atoms with Crippen LogP contribution < -0.4 is 5.32 Å². The van der Waals surface area contributed by atoms with Gasteiger partial charge in [-0.1, -0.05) is 6.07 Å². The van der Waals surface area contributed by atoms with E-state index in [1.165, 1.54) is 22.5 Å². The average molecular weight is 331 g/mol. The summed E-state index contributed by atoms with van der Waals surface area (Å²) in [5.41, 5.74) is -0.146. The molecule has 0 atom stereocenters. The Morgan fingerprint density at radius 3 is 2.62 bits per heavy atom. The molecule has 9 heteroatoms. The first-order valence-electron chi connectivity index (χ1n) is 6.57. The van der Waals surface area contributed by atoms with Gasteiger partial charge in [0.1, 0.15) is 5.69 Å². The second-order valence-corrected chi connectivity index (χ2v) is 7.59. The van der Waals surface area contributed by atoms with Crippen LogP contribution in [0.5, 0.6) is 0 Å². The second kappa shape index (κ2) is 6.63. The van der Waals surface area contributed by atoms with E-state index < -0.39 is 14.9 Å². The van der Waals surface area contributed by atoms with Crippen molar-refractivity contribution < 1.29 is 13.3 Å². The van der Waals surface area contributed by atoms with Gasteiger partial charge in [-0.25, -0.2) is 8.42 Å². The van der Waals surface area contributed by atoms with Crippen molar-refractivity contribution >= 4 is 33.2 Å². The molecular formula is C12H17N3O4S2. The Morgan fingerprint density at radius 2 is 2.05 bits per heavy atom. The highest BCUT2D eigenvalue weighted by molar-refractivity contribution is 7.99. The van der Waals surface area contributed by atoms with Crippen LogP contribution in [0.25, 0.3) is 0 Å². The van der Waals surface area contributed by atoms with Crippen molar-refractivity contribution in [1.29, 1.82) is 0 Å². The van der Waals surface area contributed by atoms with Gasteiger partial charge in [0.2, 0.25) is 10.0 Å². The number of nitrogens with one attached hydrogen (secondary N) is 1. The standard InChI is InChI=1S/C12H17N3O4S2/c1-2-13-10-4-3-5-11(12(10)15(16)17)21(18,19)14-6-8-20-9-7-14/h3-5,13H,2,6-9H2,1H3. The van der Waals surface area contributed by atoms with Gasteiger partial charge < -0.3 is 5.32 Å². The molecule has 7 nitrogen and oxygen atoms in total. The third kappa shape index (κ3) is 3.30. The van der Waals surface area contributed by atoms with Crippen LogP contribution >= 0.6 is 11.8 Å². The van der Waals surface area contributed by atoms with E-state index in [1.54, 1.807) is 18.7 Å². The molecule has 0 amide bonds. The Labute approximate surface area is 127 Å². The molecule has 0 unspecified atom stereocenters. The molecule has 1 N–H and O–H groups in total. The Morgan fingerprint density at radius 1 is 1.38 bits per heavy atom. The quantitative estimate of drug-likeness (QED) is 0.653. The predicted molar refractivity (Wildman–Crippen MR) is 83.3 cm³/mol. The van der Waals surface area contributed by atoms with E-state index in [0.717, 1.165) is 0 Å². The average Bonchev–Trinajstić information content (AvgIpc) is 2.48. The SMILES string of the molecule is CCNc1cccc(S(=O)(=O)N2CCSCC2)c1[N+](=O)[O-]. The molecule has 1 aromatic carbocycles. The summed E-state index contributed by atoms with van der Waals surface area (Å²) in [5.74, 6) is 1.42. The first kappa shape index (κ1) is 16.1. The van der Waals surface area contributed by atoms with E-state index >= 15 is 0 Å². The van der Waals surface area contributed by atoms with Crippen LogP contribution in [0.15, 0.2) is 23.1 Å². The number of rotatable bonds is 5. The summed E-state index contributed by atoms with van der Waals surface area (Å²) >= 11 is 1.68. The van der Waals surface area contributed by atoms with E-state index in [0.29, 0.717) is 31.1 Å². The molecule has 0 aliphatic carbocycles. The molecule has 1 aliphatic rings. The molecule has 1 aliphatic heterocycles. The number of nitro benzene ring substituents is 1. The number of hydrogen-bond donors (Lipinski definition) is 1. The van der Waals surface area contributed by atoms with Crippen molar-refractivity contribution in [2.24, 2.45) is 0 Å². The van der Waals surface area contributed by atoms with E-state index in [-0.39, 0.29) is 16.3 Å². The van der Waals surface area contributed by atoms with Crippen molar-refractivity contribution in [2.75, 3.05) is 36.5 Å². The van der Waals surface area contributed by atoms with Gasteiger partial charge in [-0.05, 0) is 19.1 Å². The van der Waals surface area contributed by atoms with Crippen LogP contribution in [-0.2, 0) is 10.0 Å². The van der Waals surface area contributed by atoms with Crippen LogP contribution in [0.1, 0.15) is 6.92 Å². The fourth-order valence-corrected chi connectivity index (χ4v) is 4.93. The molecule has 2 rings (SSSR count). The maximum atomic E-state index is 12.7. The first-order chi connectivity index (χ1) is 9.98. The molecule has 0 aromatic heterocycles. The Hall–Kier alpha value is -1.32. The third-order valence-electron chi connectivity index (χ3n) is 3.14. The molecule has 1 saturated heterocycles. The van der Waals surface area contributed by atoms with Gasteiger partial charge in [0.05, 0.1) is 4.92 Å². The van der Waals surface area contributed by atoms with Crippen LogP contribution in [0.4, 0.5) is 11.4 Å². The lowest BCUT2D eigenvalue weighted by Gasteiger charge is -2.25. The molecular weight excluding hydrogens is 314 g/mol. The van der Waals surface area contributed by atoms with Crippen LogP contribution in [0, 0.1) is 10.1 Å². The fraction of sp³-hybridized carbons (Fsp3) is 0.500. The minimum atomic E-state index is -3.84. The van der Waals surface area contributed by atoms with Crippen molar-refractivity contribution in [3.63, 3.8) is 0 Å². The van der Waals surface area contributed by atoms with Crippen molar-refractivity contribution in [3.8, 4) is 0 Å². The topological polar surface area (TPSA) is 92.6 Å². The number of para-hydroxylation sites is 1. The van der Waals surface area contributed by atoms with Gasteiger partial charge in [-0.3, -0.25) is 10.1 Å². The molecule has 0 saturated carbocycles. The number of anilines is 1. The lowest BCUT2D eigenvalue weighted by Crippen LogP contribution is -2.38. The van der Waals surface area contributed by atoms with Crippen molar-refractivity contribution in [1.82, 2.24) is 4.31 Å². The van der Waals surface area contributed by atoms with E-state index in [1.807, 2.05) is 0 Å². The maximum Gasteiger partial charge on any atom is 0.312 e. The van der Waals surface area contributed by atoms with Gasteiger partial charge in [0.25, 0.3) is 0 Å². The predicted octanol–water partition coefficient (Wildman–Crippen LogP) is 1.76. The highest BCUT2D eigenvalue weighted by atomic mass is 32.2. The molecule has 1 heterocycles. The maximum absolute atomic E-state index is 12.7. The van der Waals surface area contributed by atoms with Gasteiger partial charge in [-0.15, -0.1) is 0 Å². The summed E-state index contributed by atoms with van der Waals surface area (Å²) in [6.45, 7) is 3.04. The van der Waals surface area contributed by atoms with Crippen LogP contribution in [-0.4, -0.2) is 48.8 Å². The summed E-state index contributed by atoms with van der Waals surface area (Å²) in [5, 5.41) is 14.2. The van der Waals surface area contributed by atoms with Gasteiger partial charge >= 0.3 is 5.69 Å². The number of benzene rings is 1. The lowest BCUT2D eigenvalue weighted by atomic mass is 10.2. The summed E-state index contributed by atoms with van der Waals surface area (Å²) < 4.78 is 26.6. The fourth-order valence-electron chi connectivity index (χ4n) is 2.18. The number of thioether (sulfide) groups is 1. The van der Waals surface area contributed by atoms with Crippen molar-refractivity contribution in [3.05, 3.63) is 28.3 Å². The zero-order chi connectivity index (χ0) is 15.5. The minimum absolute atomic E-state index is 0.231. The van der Waals surface area contributed by atoms with E-state index in [2.05, 4.69) is 5.32 Å². The van der Waals surface area contributed by atoms with Gasteiger partial charge in [0.15, 0.2) is 4.90 Å². The molecule has 1 fully saturated rings. The van der Waals surface area contributed by atoms with Crippen molar-refractivity contribution in [2.45, 2.75) is 11.8 Å².